The summed E-state index contributed by atoms with van der Waals surface area (Å²) in [6.45, 7) is 2.59. The molecule has 1 fully saturated rings. The van der Waals surface area contributed by atoms with Gasteiger partial charge in [0.15, 0.2) is 23.3 Å². The van der Waals surface area contributed by atoms with Crippen LogP contribution in [0.3, 0.4) is 0 Å². The molecule has 2 aliphatic rings. The molecule has 0 saturated carbocycles. The Morgan fingerprint density at radius 3 is 2.47 bits per heavy atom. The number of hydrogen-bond acceptors (Lipinski definition) is 5. The molecule has 8 heteroatoms. The van der Waals surface area contributed by atoms with Crippen LogP contribution in [-0.2, 0) is 4.79 Å². The van der Waals surface area contributed by atoms with Gasteiger partial charge in [-0.15, -0.1) is 0 Å². The smallest absolute Gasteiger partial charge is 0.289 e. The van der Waals surface area contributed by atoms with Gasteiger partial charge in [0.1, 0.15) is 0 Å². The van der Waals surface area contributed by atoms with Gasteiger partial charge in [0, 0.05) is 17.3 Å². The fraction of sp³-hybridized carbons (Fsp3) is 0.250. The number of rotatable bonds is 5. The molecule has 2 N–H and O–H groups in total. The van der Waals surface area contributed by atoms with E-state index in [9.17, 15) is 9.59 Å². The number of anilines is 1. The summed E-state index contributed by atoms with van der Waals surface area (Å²) in [5.41, 5.74) is 1.60. The molecule has 2 aliphatic heterocycles. The summed E-state index contributed by atoms with van der Waals surface area (Å²) in [4.78, 5) is 28.9. The first kappa shape index (κ1) is 20.1. The number of piperazine rings is 1. The zero-order chi connectivity index (χ0) is 21.9. The van der Waals surface area contributed by atoms with Gasteiger partial charge in [-0.2, -0.15) is 0 Å². The van der Waals surface area contributed by atoms with Crippen molar-refractivity contribution in [3.8, 4) is 11.5 Å². The summed E-state index contributed by atoms with van der Waals surface area (Å²) < 4.78 is 16.0. The molecule has 3 heterocycles. The maximum atomic E-state index is 13.4. The normalized spacial score (nSPS) is 16.6. The quantitative estimate of drug-likeness (QED) is 0.639. The molecule has 1 saturated heterocycles. The van der Waals surface area contributed by atoms with E-state index >= 15 is 0 Å². The fourth-order valence-corrected chi connectivity index (χ4v) is 4.25. The van der Waals surface area contributed by atoms with Crippen LogP contribution >= 0.6 is 0 Å². The summed E-state index contributed by atoms with van der Waals surface area (Å²) in [6, 6.07) is 18.1. The van der Waals surface area contributed by atoms with Crippen LogP contribution in [-0.4, -0.2) is 49.7 Å². The van der Waals surface area contributed by atoms with Crippen molar-refractivity contribution >= 4 is 17.5 Å². The molecule has 5 rings (SSSR count). The van der Waals surface area contributed by atoms with Crippen LogP contribution < -0.4 is 19.7 Å². The van der Waals surface area contributed by atoms with Gasteiger partial charge in [-0.25, -0.2) is 0 Å². The number of carbonyl (C=O) groups is 2. The van der Waals surface area contributed by atoms with Crippen LogP contribution in [0.15, 0.2) is 71.3 Å². The minimum absolute atomic E-state index is 0.101. The largest absolute Gasteiger partial charge is 0.459 e. The number of carbonyl (C=O) groups excluding carboxylic acids is 2. The third-order valence-corrected chi connectivity index (χ3v) is 5.87. The van der Waals surface area contributed by atoms with Gasteiger partial charge in [-0.3, -0.25) is 9.59 Å². The Bertz CT molecular complexity index is 1090. The summed E-state index contributed by atoms with van der Waals surface area (Å²) in [6.07, 6.45) is 1.50. The molecule has 164 valence electrons. The molecule has 3 aromatic rings. The van der Waals surface area contributed by atoms with Gasteiger partial charge >= 0.3 is 0 Å². The Kier molecular flexibility index (Phi) is 5.51. The molecule has 1 unspecified atom stereocenters. The highest BCUT2D eigenvalue weighted by Gasteiger charge is 2.36. The third-order valence-electron chi connectivity index (χ3n) is 5.87. The number of hydrogen-bond donors (Lipinski definition) is 2. The van der Waals surface area contributed by atoms with Crippen molar-refractivity contribution in [2.75, 3.05) is 38.3 Å². The van der Waals surface area contributed by atoms with Gasteiger partial charge < -0.3 is 29.0 Å². The fourth-order valence-electron chi connectivity index (χ4n) is 4.25. The van der Waals surface area contributed by atoms with Crippen LogP contribution in [0.2, 0.25) is 0 Å². The number of nitrogens with one attached hydrogen (secondary N) is 2. The number of benzene rings is 2. The predicted molar refractivity (Wildman–Crippen MR) is 116 cm³/mol. The molecular weight excluding hydrogens is 410 g/mol. The first-order chi connectivity index (χ1) is 15.7. The Labute approximate surface area is 185 Å². The molecule has 0 spiro atoms. The number of quaternary nitrogens is 1. The minimum atomic E-state index is -0.400. The Hall–Kier alpha value is -3.78. The third kappa shape index (κ3) is 4.04. The van der Waals surface area contributed by atoms with Crippen molar-refractivity contribution < 1.29 is 28.4 Å². The summed E-state index contributed by atoms with van der Waals surface area (Å²) >= 11 is 0. The standard InChI is InChI=1S/C24H23N3O5/c28-23(25-18-8-9-19-21(15-18)32-16-31-19)22(17-5-2-1-3-6-17)26-10-12-27(13-11-26)24(29)20-7-4-14-30-20/h1-9,14-15,22H,10-13,16H2,(H,25,28)/p+1. The summed E-state index contributed by atoms with van der Waals surface area (Å²) in [5.74, 6) is 1.42. The predicted octanol–water partition coefficient (Wildman–Crippen LogP) is 1.73. The highest BCUT2D eigenvalue weighted by atomic mass is 16.7. The van der Waals surface area contributed by atoms with Crippen LogP contribution in [0.4, 0.5) is 5.69 Å². The van der Waals surface area contributed by atoms with Crippen molar-refractivity contribution in [2.24, 2.45) is 0 Å². The van der Waals surface area contributed by atoms with Crippen LogP contribution in [0.25, 0.3) is 0 Å². The van der Waals surface area contributed by atoms with Crippen LogP contribution in [0.1, 0.15) is 22.2 Å². The van der Waals surface area contributed by atoms with Crippen LogP contribution in [0.5, 0.6) is 11.5 Å². The second kappa shape index (κ2) is 8.76. The molecule has 32 heavy (non-hydrogen) atoms. The molecule has 0 aliphatic carbocycles. The maximum absolute atomic E-state index is 13.4. The van der Waals surface area contributed by atoms with E-state index in [0.717, 1.165) is 10.5 Å². The summed E-state index contributed by atoms with van der Waals surface area (Å²) in [5, 5.41) is 3.03. The van der Waals surface area contributed by atoms with Gasteiger partial charge in [-0.1, -0.05) is 30.3 Å². The molecule has 1 atom stereocenters. The van der Waals surface area contributed by atoms with E-state index in [1.807, 2.05) is 36.4 Å². The van der Waals surface area contributed by atoms with E-state index in [0.29, 0.717) is 49.1 Å². The topological polar surface area (TPSA) is 85.5 Å². The number of ether oxygens (including phenoxy) is 2. The van der Waals surface area contributed by atoms with Gasteiger partial charge in [0.2, 0.25) is 6.79 Å². The van der Waals surface area contributed by atoms with E-state index in [-0.39, 0.29) is 18.6 Å². The molecule has 8 nitrogen and oxygen atoms in total. The molecule has 2 aromatic carbocycles. The van der Waals surface area contributed by atoms with Crippen molar-refractivity contribution in [1.82, 2.24) is 4.90 Å². The molecular formula is C24H24N3O5+. The Balaban J connectivity index is 1.32. The zero-order valence-corrected chi connectivity index (χ0v) is 17.5. The highest BCUT2D eigenvalue weighted by molar-refractivity contribution is 5.95. The van der Waals surface area contributed by atoms with Gasteiger partial charge in [0.05, 0.1) is 32.4 Å². The lowest BCUT2D eigenvalue weighted by molar-refractivity contribution is -0.925. The van der Waals surface area contributed by atoms with Crippen molar-refractivity contribution in [1.29, 1.82) is 0 Å². The maximum Gasteiger partial charge on any atom is 0.289 e. The number of fused-ring (bicyclic) bond motifs is 1. The van der Waals surface area contributed by atoms with Crippen LogP contribution in [0, 0.1) is 0 Å². The number of amides is 2. The lowest BCUT2D eigenvalue weighted by Gasteiger charge is -2.35. The van der Waals surface area contributed by atoms with E-state index in [2.05, 4.69) is 5.32 Å². The van der Waals surface area contributed by atoms with E-state index < -0.39 is 6.04 Å². The Morgan fingerprint density at radius 1 is 0.938 bits per heavy atom. The second-order valence-corrected chi connectivity index (χ2v) is 7.83. The molecule has 0 bridgehead atoms. The van der Waals surface area contributed by atoms with Gasteiger partial charge in [0.25, 0.3) is 11.8 Å². The first-order valence-electron chi connectivity index (χ1n) is 10.6. The molecule has 2 amide bonds. The lowest BCUT2D eigenvalue weighted by atomic mass is 10.0. The highest BCUT2D eigenvalue weighted by Crippen LogP contribution is 2.34. The molecule has 0 radical (unpaired) electrons. The van der Waals surface area contributed by atoms with E-state index in [1.54, 1.807) is 29.2 Å². The second-order valence-electron chi connectivity index (χ2n) is 7.83. The van der Waals surface area contributed by atoms with Gasteiger partial charge in [-0.05, 0) is 24.3 Å². The lowest BCUT2D eigenvalue weighted by Crippen LogP contribution is -3.16. The van der Waals surface area contributed by atoms with E-state index in [4.69, 9.17) is 13.9 Å². The number of nitrogens with zero attached hydrogens (tertiary/aromatic N) is 1. The minimum Gasteiger partial charge on any atom is -0.459 e. The SMILES string of the molecule is O=C(Nc1ccc2c(c1)OCO2)C(c1ccccc1)[NH+]1CCN(C(=O)c2ccco2)CC1. The average Bonchev–Trinajstić information content (AvgIpc) is 3.52. The number of furan rings is 1. The zero-order valence-electron chi connectivity index (χ0n) is 17.5. The average molecular weight is 434 g/mol. The monoisotopic (exact) mass is 434 g/mol. The summed E-state index contributed by atoms with van der Waals surface area (Å²) in [7, 11) is 0. The Morgan fingerprint density at radius 2 is 1.72 bits per heavy atom. The molecule has 1 aromatic heterocycles. The van der Waals surface area contributed by atoms with Crippen molar-refractivity contribution in [3.63, 3.8) is 0 Å². The van der Waals surface area contributed by atoms with E-state index in [1.165, 1.54) is 6.26 Å². The van der Waals surface area contributed by atoms with Crippen molar-refractivity contribution in [2.45, 2.75) is 6.04 Å². The van der Waals surface area contributed by atoms with Crippen molar-refractivity contribution in [3.05, 3.63) is 78.3 Å². The first-order valence-corrected chi connectivity index (χ1v) is 10.6.